The third-order valence-electron chi connectivity index (χ3n) is 24.5. The van der Waals surface area contributed by atoms with E-state index in [1.165, 1.54) is 11.9 Å². The van der Waals surface area contributed by atoms with Gasteiger partial charge in [0.25, 0.3) is 0 Å². The van der Waals surface area contributed by atoms with Gasteiger partial charge >= 0.3 is 5.97 Å². The summed E-state index contributed by atoms with van der Waals surface area (Å²) >= 11 is 0. The minimum absolute atomic E-state index is 0.00552. The molecule has 3 aromatic carbocycles. The van der Waals surface area contributed by atoms with Crippen LogP contribution in [-0.4, -0.2) is 113 Å². The summed E-state index contributed by atoms with van der Waals surface area (Å²) in [6.45, 7) is 26.9. The van der Waals surface area contributed by atoms with Crippen molar-refractivity contribution in [1.29, 1.82) is 0 Å². The highest BCUT2D eigenvalue weighted by Crippen LogP contribution is 2.76. The van der Waals surface area contributed by atoms with Gasteiger partial charge in [-0.2, -0.15) is 0 Å². The van der Waals surface area contributed by atoms with Crippen LogP contribution >= 0.6 is 0 Å². The van der Waals surface area contributed by atoms with E-state index in [1.807, 2.05) is 87.5 Å². The van der Waals surface area contributed by atoms with Crippen molar-refractivity contribution in [3.8, 4) is 0 Å². The molecule has 11 unspecified atom stereocenters. The van der Waals surface area contributed by atoms with Gasteiger partial charge in [-0.25, -0.2) is 0 Å². The van der Waals surface area contributed by atoms with Gasteiger partial charge in [-0.3, -0.25) is 4.79 Å². The number of carbonyl (C=O) groups excluding carboxylic acids is 2. The summed E-state index contributed by atoms with van der Waals surface area (Å²) in [6.07, 6.45) is 5.41. The zero-order chi connectivity index (χ0) is 62.4. The van der Waals surface area contributed by atoms with Gasteiger partial charge in [-0.05, 0) is 140 Å². The molecular weight excluding hydrogens is 1110 g/mol. The number of nitrogens with two attached hydrogens (primary N) is 1. The summed E-state index contributed by atoms with van der Waals surface area (Å²) in [6, 6.07) is 29.8. The summed E-state index contributed by atoms with van der Waals surface area (Å²) < 4.78 is 74.6. The number of hydrogen-bond acceptors (Lipinski definition) is 14. The van der Waals surface area contributed by atoms with Crippen LogP contribution in [0, 0.1) is 68.0 Å². The molecule has 11 rings (SSSR count). The number of benzene rings is 3. The molecule has 23 atom stereocenters. The first-order valence-corrected chi connectivity index (χ1v) is 33.6. The molecular formula is C74H105NO13. The molecule has 88 heavy (non-hydrogen) atoms. The maximum atomic E-state index is 16.1. The second kappa shape index (κ2) is 26.6. The van der Waals surface area contributed by atoms with Crippen LogP contribution in [0.3, 0.4) is 0 Å². The molecule has 0 spiro atoms. The van der Waals surface area contributed by atoms with Crippen molar-refractivity contribution in [1.82, 2.24) is 0 Å². The number of hydrogen-bond donors (Lipinski definition) is 1. The van der Waals surface area contributed by atoms with Gasteiger partial charge in [0, 0.05) is 37.0 Å². The maximum Gasteiger partial charge on any atom is 0.315 e. The van der Waals surface area contributed by atoms with Crippen molar-refractivity contribution in [2.75, 3.05) is 26.9 Å². The molecule has 7 fully saturated rings. The van der Waals surface area contributed by atoms with Crippen LogP contribution in [0.25, 0.3) is 0 Å². The average Bonchev–Trinajstić information content (AvgIpc) is 0.683. The Hall–Kier alpha value is -3.90. The van der Waals surface area contributed by atoms with Crippen LogP contribution in [0.2, 0.25) is 0 Å². The fourth-order valence-corrected chi connectivity index (χ4v) is 18.6. The topological polar surface area (TPSA) is 162 Å². The lowest BCUT2D eigenvalue weighted by Crippen LogP contribution is -2.66. The number of fused-ring (bicyclic) bond motifs is 7. The minimum atomic E-state index is -1.17. The maximum absolute atomic E-state index is 16.1. The van der Waals surface area contributed by atoms with E-state index in [-0.39, 0.29) is 70.3 Å². The summed E-state index contributed by atoms with van der Waals surface area (Å²) in [5.74, 6) is 0.206. The van der Waals surface area contributed by atoms with Gasteiger partial charge in [0.1, 0.15) is 42.9 Å². The van der Waals surface area contributed by atoms with Crippen LogP contribution < -0.4 is 5.73 Å². The normalized spacial score (nSPS) is 43.0. The molecule has 0 aromatic heterocycles. The summed E-state index contributed by atoms with van der Waals surface area (Å²) in [5.41, 5.74) is 10.6. The van der Waals surface area contributed by atoms with Gasteiger partial charge in [0.2, 0.25) is 6.29 Å². The Bertz CT molecular complexity index is 2840. The molecule has 3 aromatic rings. The van der Waals surface area contributed by atoms with Crippen LogP contribution in [0.15, 0.2) is 103 Å². The Morgan fingerprint density at radius 2 is 1.30 bits per heavy atom. The van der Waals surface area contributed by atoms with Gasteiger partial charge in [0.15, 0.2) is 12.6 Å². The highest BCUT2D eigenvalue weighted by atomic mass is 16.8. The largest absolute Gasteiger partial charge is 0.432 e. The molecule has 3 aliphatic heterocycles. The van der Waals surface area contributed by atoms with E-state index in [2.05, 4.69) is 85.7 Å². The average molecular weight is 1220 g/mol. The van der Waals surface area contributed by atoms with Gasteiger partial charge in [-0.15, -0.1) is 0 Å². The van der Waals surface area contributed by atoms with Crippen molar-refractivity contribution in [3.05, 3.63) is 119 Å². The SMILES string of the molecule is CCOC1C(OC)C(OC2C(C)[C@@H](N)C(COCc3ccccc3)O[C@H]2OC(=O)[C@]23CCC(C)(C)CC2C2=CCC4C5(C)CC[C@H](C)[C@](C)(C=O)[C@@H]5CC[C@@]4(C)[C@]2(C)CC3)O[C@H](C)[C@@H]1O[C@@H]1OC[C@@H](OCc2ccccc2)C(OCc2ccccc2)C1C. The van der Waals surface area contributed by atoms with E-state index in [0.29, 0.717) is 57.0 Å². The van der Waals surface area contributed by atoms with Gasteiger partial charge in [0.05, 0.1) is 50.7 Å². The second-order valence-electron chi connectivity index (χ2n) is 29.9. The first kappa shape index (κ1) is 65.6. The molecule has 0 amide bonds. The second-order valence-corrected chi connectivity index (χ2v) is 29.9. The Kier molecular flexibility index (Phi) is 19.8. The third-order valence-corrected chi connectivity index (χ3v) is 24.5. The predicted octanol–water partition coefficient (Wildman–Crippen LogP) is 13.1. The lowest BCUT2D eigenvalue weighted by Gasteiger charge is -2.71. The third kappa shape index (κ3) is 12.2. The number of carbonyl (C=O) groups is 2. The zero-order valence-electron chi connectivity index (χ0n) is 54.9. The molecule has 0 radical (unpaired) electrons. The first-order valence-electron chi connectivity index (χ1n) is 33.6. The Labute approximate surface area is 525 Å². The molecule has 0 bridgehead atoms. The lowest BCUT2D eigenvalue weighted by molar-refractivity contribution is -0.370. The number of esters is 1. The van der Waals surface area contributed by atoms with E-state index in [9.17, 15) is 4.79 Å². The van der Waals surface area contributed by atoms with Crippen LogP contribution in [0.4, 0.5) is 0 Å². The Morgan fingerprint density at radius 1 is 0.659 bits per heavy atom. The summed E-state index contributed by atoms with van der Waals surface area (Å²) in [4.78, 5) is 29.2. The van der Waals surface area contributed by atoms with E-state index in [0.717, 1.165) is 68.1 Å². The molecule has 5 aliphatic carbocycles. The summed E-state index contributed by atoms with van der Waals surface area (Å²) in [7, 11) is 1.63. The number of aldehydes is 1. The highest BCUT2D eigenvalue weighted by molar-refractivity contribution is 5.79. The van der Waals surface area contributed by atoms with Crippen molar-refractivity contribution in [2.24, 2.45) is 73.7 Å². The molecule has 4 saturated carbocycles. The van der Waals surface area contributed by atoms with E-state index < -0.39 is 72.9 Å². The minimum Gasteiger partial charge on any atom is -0.432 e. The number of methoxy groups -OCH3 is 1. The Morgan fingerprint density at radius 3 is 1.94 bits per heavy atom. The smallest absolute Gasteiger partial charge is 0.315 e. The fraction of sp³-hybridized carbons (Fsp3) is 0.703. The molecule has 14 nitrogen and oxygen atoms in total. The molecule has 14 heteroatoms. The first-order chi connectivity index (χ1) is 42.1. The van der Waals surface area contributed by atoms with Gasteiger partial charge in [-0.1, -0.05) is 165 Å². The zero-order valence-corrected chi connectivity index (χ0v) is 54.9. The van der Waals surface area contributed by atoms with Gasteiger partial charge < -0.3 is 62.6 Å². The standard InChI is InChI=1S/C74H105NO13/c1-13-80-63-62(87-65-48(4)60(82-42-52-27-21-16-22-28-52)56(44-83-65)81-41-51-25-19-15-20-26-51)49(5)84-67(64(63)78-12)86-61-47(3)59(75)55(43-79-40-50-23-17-14-18-24-50)85-66(61)88-68(77)74-37-35-69(6,7)39-54(74)53-29-30-58-70(8)33-31-46(2)71(9,45-76)57(70)32-34-73(58,11)72(53,10)36-38-74/h14-29,45-49,54-67H,13,30-44,75H2,1-12H3/t46-,47?,48?,49+,54?,55?,56+,57+,58?,59+,60?,61?,62-,63?,64?,65-,66-,67?,70?,71-,72+,73+,74-/m0/s1. The summed E-state index contributed by atoms with van der Waals surface area (Å²) in [5, 5.41) is 0. The van der Waals surface area contributed by atoms with Crippen molar-refractivity contribution < 1.29 is 61.7 Å². The van der Waals surface area contributed by atoms with E-state index in [1.54, 1.807) is 7.11 Å². The van der Waals surface area contributed by atoms with E-state index >= 15 is 4.79 Å². The highest BCUT2D eigenvalue weighted by Gasteiger charge is 2.70. The van der Waals surface area contributed by atoms with Crippen LogP contribution in [0.5, 0.6) is 0 Å². The monoisotopic (exact) mass is 1220 g/mol. The number of allylic oxidation sites excluding steroid dienone is 2. The number of rotatable bonds is 20. The van der Waals surface area contributed by atoms with Crippen molar-refractivity contribution >= 4 is 12.3 Å². The Balaban J connectivity index is 0.853. The molecule has 3 heterocycles. The van der Waals surface area contributed by atoms with Crippen molar-refractivity contribution in [3.63, 3.8) is 0 Å². The molecule has 8 aliphatic rings. The lowest BCUT2D eigenvalue weighted by atomic mass is 9.33. The van der Waals surface area contributed by atoms with Crippen LogP contribution in [0.1, 0.15) is 157 Å². The van der Waals surface area contributed by atoms with Crippen molar-refractivity contribution in [2.45, 2.75) is 234 Å². The molecule has 484 valence electrons. The van der Waals surface area contributed by atoms with Crippen LogP contribution in [-0.2, 0) is 81.5 Å². The molecule has 3 saturated heterocycles. The number of ether oxygens (including phenoxy) is 11. The predicted molar refractivity (Wildman–Crippen MR) is 336 cm³/mol. The molecule has 2 N–H and O–H groups in total. The van der Waals surface area contributed by atoms with E-state index in [4.69, 9.17) is 57.8 Å². The quantitative estimate of drug-likeness (QED) is 0.0646. The fourth-order valence-electron chi connectivity index (χ4n) is 18.6.